The largest absolute Gasteiger partial charge is 0.481 e. The normalized spacial score (nSPS) is 14.9. The van der Waals surface area contributed by atoms with Gasteiger partial charge in [-0.15, -0.1) is 0 Å². The van der Waals surface area contributed by atoms with E-state index in [0.29, 0.717) is 42.7 Å². The quantitative estimate of drug-likeness (QED) is 0.0990. The summed E-state index contributed by atoms with van der Waals surface area (Å²) in [5, 5.41) is 9.33. The number of unbranched alkanes of at least 4 members (excludes halogenated alkanes) is 2. The monoisotopic (exact) mass is 655 g/mol. The number of rotatable bonds is 12. The predicted octanol–water partition coefficient (Wildman–Crippen LogP) is 5.48. The molecule has 3 N–H and O–H groups in total. The Bertz CT molecular complexity index is 1960. The van der Waals surface area contributed by atoms with Gasteiger partial charge >= 0.3 is 5.97 Å². The van der Waals surface area contributed by atoms with Gasteiger partial charge in [0.05, 0.1) is 10.3 Å². The fourth-order valence-corrected chi connectivity index (χ4v) is 7.07. The van der Waals surface area contributed by atoms with Crippen molar-refractivity contribution >= 4 is 60.0 Å². The second-order valence-electron chi connectivity index (χ2n) is 11.2. The van der Waals surface area contributed by atoms with Gasteiger partial charge in [-0.1, -0.05) is 24.3 Å². The number of allylic oxidation sites excluding steroid dienone is 3. The van der Waals surface area contributed by atoms with Crippen LogP contribution < -0.4 is 4.90 Å². The maximum Gasteiger partial charge on any atom is 0.303 e. The number of carbonyl (C=O) groups is 2. The van der Waals surface area contributed by atoms with Crippen molar-refractivity contribution in [3.05, 3.63) is 84.6 Å². The molecule has 1 heterocycles. The fraction of sp³-hybridized carbons (Fsp3) is 0.281. The molecule has 0 saturated heterocycles. The molecule has 0 atom stereocenters. The number of nitrogens with zero attached hydrogens (tertiary/aromatic N) is 2. The first kappa shape index (κ1) is 33.7. The van der Waals surface area contributed by atoms with Crippen LogP contribution in [0.25, 0.3) is 10.8 Å². The molecule has 0 aromatic heterocycles. The van der Waals surface area contributed by atoms with Crippen LogP contribution in [0.1, 0.15) is 52.0 Å². The molecule has 3 aromatic rings. The number of carboxylic acids is 1. The van der Waals surface area contributed by atoms with Gasteiger partial charge in [-0.2, -0.15) is 21.4 Å². The minimum absolute atomic E-state index is 0.0376. The molecule has 0 aliphatic carbocycles. The van der Waals surface area contributed by atoms with Gasteiger partial charge in [-0.3, -0.25) is 23.6 Å². The van der Waals surface area contributed by atoms with Gasteiger partial charge in [-0.25, -0.2) is 0 Å². The van der Waals surface area contributed by atoms with Crippen LogP contribution >= 0.6 is 0 Å². The Labute approximate surface area is 262 Å². The number of carbonyl (C=O) groups excluding carboxylic acids is 1. The van der Waals surface area contributed by atoms with Crippen LogP contribution in [0.5, 0.6) is 0 Å². The number of amides is 1. The smallest absolute Gasteiger partial charge is 0.303 e. The highest BCUT2D eigenvalue weighted by molar-refractivity contribution is 7.86. The zero-order chi connectivity index (χ0) is 33.2. The van der Waals surface area contributed by atoms with Crippen LogP contribution in [-0.2, 0) is 35.2 Å². The van der Waals surface area contributed by atoms with E-state index in [9.17, 15) is 35.5 Å². The summed E-state index contributed by atoms with van der Waals surface area (Å²) in [7, 11) is -9.74. The van der Waals surface area contributed by atoms with E-state index in [1.165, 1.54) is 17.9 Å². The zero-order valence-corrected chi connectivity index (χ0v) is 26.7. The summed E-state index contributed by atoms with van der Waals surface area (Å²) in [6.45, 7) is 5.65. The highest BCUT2D eigenvalue weighted by Crippen LogP contribution is 2.46. The summed E-state index contributed by atoms with van der Waals surface area (Å²) >= 11 is 0. The summed E-state index contributed by atoms with van der Waals surface area (Å²) < 4.78 is 71.0. The van der Waals surface area contributed by atoms with Crippen LogP contribution in [0.4, 0.5) is 11.4 Å². The maximum atomic E-state index is 12.6. The molecule has 1 aliphatic heterocycles. The number of para-hydroxylation sites is 1. The Morgan fingerprint density at radius 2 is 1.60 bits per heavy atom. The Morgan fingerprint density at radius 3 is 2.20 bits per heavy atom. The average molecular weight is 656 g/mol. The predicted molar refractivity (Wildman–Crippen MR) is 170 cm³/mol. The van der Waals surface area contributed by atoms with E-state index in [1.807, 2.05) is 42.7 Å². The van der Waals surface area contributed by atoms with Gasteiger partial charge in [0.1, 0.15) is 11.4 Å². The fourth-order valence-electron chi connectivity index (χ4n) is 5.70. The van der Waals surface area contributed by atoms with E-state index >= 15 is 0 Å². The van der Waals surface area contributed by atoms with E-state index in [-0.39, 0.29) is 23.1 Å². The van der Waals surface area contributed by atoms with Crippen molar-refractivity contribution in [2.45, 2.75) is 61.7 Å². The highest BCUT2D eigenvalue weighted by atomic mass is 32.2. The summed E-state index contributed by atoms with van der Waals surface area (Å²) in [5.41, 5.74) is 1.72. The van der Waals surface area contributed by atoms with Crippen molar-refractivity contribution in [1.82, 2.24) is 0 Å². The van der Waals surface area contributed by atoms with Gasteiger partial charge in [0.25, 0.3) is 20.2 Å². The van der Waals surface area contributed by atoms with Gasteiger partial charge in [0.2, 0.25) is 11.6 Å². The molecule has 11 nitrogen and oxygen atoms in total. The highest BCUT2D eigenvalue weighted by Gasteiger charge is 2.46. The van der Waals surface area contributed by atoms with E-state index in [2.05, 4.69) is 0 Å². The molecule has 0 saturated carbocycles. The van der Waals surface area contributed by atoms with E-state index < -0.39 is 41.4 Å². The van der Waals surface area contributed by atoms with Crippen LogP contribution in [0.2, 0.25) is 0 Å². The van der Waals surface area contributed by atoms with Gasteiger partial charge in [0.15, 0.2) is 5.71 Å². The lowest BCUT2D eigenvalue weighted by Crippen LogP contribution is -2.28. The SMILES string of the molecule is CC(=O)N(C=CC=CC1=[N+](CCCCCC(=O)O)c2ccc3cc(S(=O)(=O)O)cc(S(=O)(=O)O)c3c2C1(C)C)c1ccccc1. The lowest BCUT2D eigenvalue weighted by Gasteiger charge is -2.19. The summed E-state index contributed by atoms with van der Waals surface area (Å²) in [4.78, 5) is 23.5. The summed E-state index contributed by atoms with van der Waals surface area (Å²) in [6.07, 6.45) is 8.68. The third-order valence-corrected chi connectivity index (χ3v) is 9.41. The molecule has 0 radical (unpaired) electrons. The molecule has 13 heteroatoms. The molecule has 1 aliphatic rings. The molecule has 0 bridgehead atoms. The Hall–Kier alpha value is -4.17. The standard InChI is InChI=1S/C32H34N2O9S2/c1-22(35)33(24-12-6-4-7-13-24)18-11-9-14-28-32(2,3)31-26(34(28)19-10-5-8-15-29(36)37)17-16-23-20-25(44(38,39)40)21-27(30(23)31)45(41,42)43/h4,6-7,9,11-14,16-18,20-21H,5,8,10,15,19H2,1-3H3,(H2-,36,37,38,39,40,41,42,43)/p+1. The Morgan fingerprint density at radius 1 is 0.911 bits per heavy atom. The van der Waals surface area contributed by atoms with Crippen molar-refractivity contribution in [3.8, 4) is 0 Å². The molecule has 3 aromatic carbocycles. The number of aliphatic carboxylic acids is 1. The van der Waals surface area contributed by atoms with Crippen LogP contribution in [-0.4, -0.2) is 59.8 Å². The van der Waals surface area contributed by atoms with Gasteiger partial charge in [-0.05, 0) is 68.5 Å². The first-order valence-corrected chi connectivity index (χ1v) is 17.0. The molecule has 0 fully saturated rings. The molecular weight excluding hydrogens is 620 g/mol. The first-order chi connectivity index (χ1) is 21.0. The molecule has 238 valence electrons. The third kappa shape index (κ3) is 7.39. The molecule has 0 spiro atoms. The molecule has 45 heavy (non-hydrogen) atoms. The van der Waals surface area contributed by atoms with Crippen molar-refractivity contribution in [2.24, 2.45) is 0 Å². The number of carboxylic acid groups (broad SMARTS) is 1. The van der Waals surface area contributed by atoms with Crippen molar-refractivity contribution in [2.75, 3.05) is 11.4 Å². The zero-order valence-electron chi connectivity index (χ0n) is 25.0. The number of fused-ring (bicyclic) bond motifs is 3. The lowest BCUT2D eigenvalue weighted by atomic mass is 9.79. The van der Waals surface area contributed by atoms with Gasteiger partial charge < -0.3 is 5.11 Å². The van der Waals surface area contributed by atoms with E-state index in [4.69, 9.17) is 5.11 Å². The molecule has 0 unspecified atom stereocenters. The Balaban J connectivity index is 1.85. The molecule has 4 rings (SSSR count). The number of hydrogen-bond donors (Lipinski definition) is 3. The number of benzene rings is 3. The topological polar surface area (TPSA) is 169 Å². The number of anilines is 1. The van der Waals surface area contributed by atoms with E-state index in [1.54, 1.807) is 36.6 Å². The van der Waals surface area contributed by atoms with Gasteiger partial charge in [0, 0.05) is 54.7 Å². The first-order valence-electron chi connectivity index (χ1n) is 14.2. The van der Waals surface area contributed by atoms with Crippen molar-refractivity contribution in [1.29, 1.82) is 0 Å². The Kier molecular flexibility index (Phi) is 9.78. The maximum absolute atomic E-state index is 12.6. The van der Waals surface area contributed by atoms with E-state index in [0.717, 1.165) is 17.8 Å². The van der Waals surface area contributed by atoms with Crippen LogP contribution in [0, 0.1) is 0 Å². The summed E-state index contributed by atoms with van der Waals surface area (Å²) in [6, 6.07) is 14.3. The minimum atomic E-state index is -4.94. The average Bonchev–Trinajstić information content (AvgIpc) is 3.16. The molecule has 1 amide bonds. The lowest BCUT2D eigenvalue weighted by molar-refractivity contribution is -0.438. The van der Waals surface area contributed by atoms with Crippen molar-refractivity contribution < 1.29 is 45.2 Å². The molecular formula is C32H35N2O9S2+. The third-order valence-electron chi connectivity index (χ3n) is 7.70. The summed E-state index contributed by atoms with van der Waals surface area (Å²) in [5.74, 6) is -1.07. The minimum Gasteiger partial charge on any atom is -0.481 e. The van der Waals surface area contributed by atoms with Crippen molar-refractivity contribution in [3.63, 3.8) is 0 Å². The van der Waals surface area contributed by atoms with Crippen LogP contribution in [0.15, 0.2) is 88.8 Å². The second kappa shape index (κ2) is 13.1. The second-order valence-corrected chi connectivity index (χ2v) is 14.0. The van der Waals surface area contributed by atoms with Crippen LogP contribution in [0.3, 0.4) is 0 Å². The number of hydrogen-bond acceptors (Lipinski definition) is 6.